The molecule has 1 rings (SSSR count). The average Bonchev–Trinajstić information content (AvgIpc) is 2.26. The highest BCUT2D eigenvalue weighted by atomic mass is 79.9. The van der Waals surface area contributed by atoms with E-state index < -0.39 is 0 Å². The number of alkyl halides is 1. The van der Waals surface area contributed by atoms with Gasteiger partial charge in [0.2, 0.25) is 5.91 Å². The van der Waals surface area contributed by atoms with Crippen molar-refractivity contribution >= 4 is 21.8 Å². The van der Waals surface area contributed by atoms with Gasteiger partial charge in [0.05, 0.1) is 0 Å². The maximum atomic E-state index is 11.6. The van der Waals surface area contributed by atoms with Gasteiger partial charge < -0.3 is 9.64 Å². The number of carbonyl (C=O) groups is 1. The number of carbonyl (C=O) groups excluding carboxylic acids is 1. The van der Waals surface area contributed by atoms with E-state index in [1.165, 1.54) is 0 Å². The molecule has 1 atom stereocenters. The normalized spacial score (nSPS) is 20.3. The van der Waals surface area contributed by atoms with Crippen molar-refractivity contribution in [2.45, 2.75) is 31.5 Å². The van der Waals surface area contributed by atoms with E-state index in [0.29, 0.717) is 17.4 Å². The minimum Gasteiger partial charge on any atom is -0.372 e. The molecule has 1 fully saturated rings. The van der Waals surface area contributed by atoms with Crippen molar-refractivity contribution in [2.75, 3.05) is 26.3 Å². The lowest BCUT2D eigenvalue weighted by Crippen LogP contribution is -2.41. The molecule has 1 aliphatic rings. The van der Waals surface area contributed by atoms with Crippen LogP contribution in [0.3, 0.4) is 0 Å². The molecule has 0 spiro atoms. The lowest BCUT2D eigenvalue weighted by Gasteiger charge is -2.33. The molecular weight excluding hydrogens is 258 g/mol. The zero-order chi connectivity index (χ0) is 11.3. The molecule has 0 aromatic heterocycles. The first-order valence-electron chi connectivity index (χ1n) is 5.64. The SMILES string of the molecule is CCOCC(=O)N1CCC(C(C)Br)CC1. The molecule has 15 heavy (non-hydrogen) atoms. The summed E-state index contributed by atoms with van der Waals surface area (Å²) in [5, 5.41) is 0. The van der Waals surface area contributed by atoms with Crippen molar-refractivity contribution in [3.05, 3.63) is 0 Å². The molecule has 88 valence electrons. The Bertz CT molecular complexity index is 201. The van der Waals surface area contributed by atoms with Gasteiger partial charge in [-0.1, -0.05) is 22.9 Å². The summed E-state index contributed by atoms with van der Waals surface area (Å²) >= 11 is 3.61. The number of ether oxygens (including phenoxy) is 1. The van der Waals surface area contributed by atoms with Gasteiger partial charge in [-0.3, -0.25) is 4.79 Å². The lowest BCUT2D eigenvalue weighted by atomic mass is 9.94. The molecule has 3 nitrogen and oxygen atoms in total. The van der Waals surface area contributed by atoms with E-state index in [1.807, 2.05) is 11.8 Å². The molecule has 1 unspecified atom stereocenters. The Hall–Kier alpha value is -0.0900. The van der Waals surface area contributed by atoms with Crippen LogP contribution >= 0.6 is 15.9 Å². The van der Waals surface area contributed by atoms with Gasteiger partial charge >= 0.3 is 0 Å². The van der Waals surface area contributed by atoms with Gasteiger partial charge in [0.15, 0.2) is 0 Å². The molecule has 1 amide bonds. The van der Waals surface area contributed by atoms with Gasteiger partial charge in [0, 0.05) is 24.5 Å². The number of hydrogen-bond acceptors (Lipinski definition) is 2. The minimum atomic E-state index is 0.137. The highest BCUT2D eigenvalue weighted by molar-refractivity contribution is 9.09. The van der Waals surface area contributed by atoms with Crippen LogP contribution < -0.4 is 0 Å². The van der Waals surface area contributed by atoms with E-state index >= 15 is 0 Å². The van der Waals surface area contributed by atoms with Crippen molar-refractivity contribution in [1.82, 2.24) is 4.90 Å². The van der Waals surface area contributed by atoms with Crippen LogP contribution in [-0.4, -0.2) is 41.9 Å². The number of amides is 1. The molecule has 1 heterocycles. The molecule has 0 aliphatic carbocycles. The number of halogens is 1. The van der Waals surface area contributed by atoms with Gasteiger partial charge in [-0.15, -0.1) is 0 Å². The maximum Gasteiger partial charge on any atom is 0.248 e. The molecule has 4 heteroatoms. The zero-order valence-electron chi connectivity index (χ0n) is 9.54. The van der Waals surface area contributed by atoms with Gasteiger partial charge in [-0.2, -0.15) is 0 Å². The lowest BCUT2D eigenvalue weighted by molar-refractivity contribution is -0.137. The molecule has 0 saturated carbocycles. The van der Waals surface area contributed by atoms with Crippen LogP contribution in [0.1, 0.15) is 26.7 Å². The minimum absolute atomic E-state index is 0.137. The van der Waals surface area contributed by atoms with Crippen LogP contribution in [0.15, 0.2) is 0 Å². The first kappa shape index (κ1) is 13.0. The summed E-state index contributed by atoms with van der Waals surface area (Å²) in [5.74, 6) is 0.846. The molecule has 0 radical (unpaired) electrons. The van der Waals surface area contributed by atoms with Crippen LogP contribution in [-0.2, 0) is 9.53 Å². The molecule has 1 aliphatic heterocycles. The molecule has 0 N–H and O–H groups in total. The average molecular weight is 278 g/mol. The second kappa shape index (κ2) is 6.48. The first-order chi connectivity index (χ1) is 7.15. The number of hydrogen-bond donors (Lipinski definition) is 0. The fourth-order valence-electron chi connectivity index (χ4n) is 1.89. The predicted octanol–water partition coefficient (Wildman–Crippen LogP) is 2.04. The van der Waals surface area contributed by atoms with Crippen LogP contribution in [0, 0.1) is 5.92 Å². The van der Waals surface area contributed by atoms with E-state index in [-0.39, 0.29) is 12.5 Å². The standard InChI is InChI=1S/C11H20BrNO2/c1-3-15-8-11(14)13-6-4-10(5-7-13)9(2)12/h9-10H,3-8H2,1-2H3. The molecular formula is C11H20BrNO2. The van der Waals surface area contributed by atoms with E-state index in [1.54, 1.807) is 0 Å². The third kappa shape index (κ3) is 4.11. The highest BCUT2D eigenvalue weighted by Crippen LogP contribution is 2.24. The Morgan fingerprint density at radius 1 is 1.53 bits per heavy atom. The van der Waals surface area contributed by atoms with Crippen LogP contribution in [0.5, 0.6) is 0 Å². The molecule has 0 aromatic carbocycles. The van der Waals surface area contributed by atoms with Crippen molar-refractivity contribution in [1.29, 1.82) is 0 Å². The van der Waals surface area contributed by atoms with Gasteiger partial charge in [-0.05, 0) is 25.7 Å². The van der Waals surface area contributed by atoms with Crippen LogP contribution in [0.2, 0.25) is 0 Å². The van der Waals surface area contributed by atoms with Crippen molar-refractivity contribution in [3.63, 3.8) is 0 Å². The number of likely N-dealkylation sites (tertiary alicyclic amines) is 1. The Labute approximate surface area is 100 Å². The summed E-state index contributed by atoms with van der Waals surface area (Å²) in [6, 6.07) is 0. The predicted molar refractivity (Wildman–Crippen MR) is 64.2 cm³/mol. The van der Waals surface area contributed by atoms with Crippen LogP contribution in [0.4, 0.5) is 0 Å². The summed E-state index contributed by atoms with van der Waals surface area (Å²) in [6.07, 6.45) is 2.20. The topological polar surface area (TPSA) is 29.5 Å². The Balaban J connectivity index is 2.27. The first-order valence-corrected chi connectivity index (χ1v) is 6.56. The summed E-state index contributed by atoms with van der Waals surface area (Å²) in [5.41, 5.74) is 0. The summed E-state index contributed by atoms with van der Waals surface area (Å²) < 4.78 is 5.12. The third-order valence-electron chi connectivity index (χ3n) is 2.97. The van der Waals surface area contributed by atoms with Crippen LogP contribution in [0.25, 0.3) is 0 Å². The summed E-state index contributed by atoms with van der Waals surface area (Å²) in [4.78, 5) is 14.1. The van der Waals surface area contributed by atoms with Gasteiger partial charge in [-0.25, -0.2) is 0 Å². The Kier molecular flexibility index (Phi) is 5.61. The Morgan fingerprint density at radius 3 is 2.60 bits per heavy atom. The fourth-order valence-corrected chi connectivity index (χ4v) is 2.42. The highest BCUT2D eigenvalue weighted by Gasteiger charge is 2.24. The monoisotopic (exact) mass is 277 g/mol. The maximum absolute atomic E-state index is 11.6. The van der Waals surface area contributed by atoms with Gasteiger partial charge in [0.1, 0.15) is 6.61 Å². The number of piperidine rings is 1. The molecule has 0 aromatic rings. The second-order valence-electron chi connectivity index (χ2n) is 4.03. The fraction of sp³-hybridized carbons (Fsp3) is 0.909. The summed E-state index contributed by atoms with van der Waals surface area (Å²) in [6.45, 7) is 6.71. The van der Waals surface area contributed by atoms with E-state index in [4.69, 9.17) is 4.74 Å². The third-order valence-corrected chi connectivity index (χ3v) is 3.72. The quantitative estimate of drug-likeness (QED) is 0.737. The largest absolute Gasteiger partial charge is 0.372 e. The van der Waals surface area contributed by atoms with E-state index in [2.05, 4.69) is 22.9 Å². The zero-order valence-corrected chi connectivity index (χ0v) is 11.1. The smallest absolute Gasteiger partial charge is 0.248 e. The Morgan fingerprint density at radius 2 is 2.13 bits per heavy atom. The van der Waals surface area contributed by atoms with Gasteiger partial charge in [0.25, 0.3) is 0 Å². The summed E-state index contributed by atoms with van der Waals surface area (Å²) in [7, 11) is 0. The number of nitrogens with zero attached hydrogens (tertiary/aromatic N) is 1. The van der Waals surface area contributed by atoms with E-state index in [9.17, 15) is 4.79 Å². The van der Waals surface area contributed by atoms with Crippen molar-refractivity contribution < 1.29 is 9.53 Å². The van der Waals surface area contributed by atoms with E-state index in [0.717, 1.165) is 25.9 Å². The van der Waals surface area contributed by atoms with Crippen molar-refractivity contribution in [2.24, 2.45) is 5.92 Å². The van der Waals surface area contributed by atoms with Crippen molar-refractivity contribution in [3.8, 4) is 0 Å². The molecule has 1 saturated heterocycles. The molecule has 0 bridgehead atoms. The second-order valence-corrected chi connectivity index (χ2v) is 5.48. The number of rotatable bonds is 4.